The number of halogens is 1. The molecule has 0 radical (unpaired) electrons. The molecule has 0 unspecified atom stereocenters. The van der Waals surface area contributed by atoms with E-state index >= 15 is 0 Å². The molecule has 0 aliphatic carbocycles. The van der Waals surface area contributed by atoms with Crippen molar-refractivity contribution in [3.63, 3.8) is 0 Å². The summed E-state index contributed by atoms with van der Waals surface area (Å²) in [6, 6.07) is 50.4. The first-order valence-corrected chi connectivity index (χ1v) is 13.3. The Balaban J connectivity index is 1.36. The average molecular weight is 535 g/mol. The molecular weight excluding hydrogens is 512 g/mol. The number of rotatable bonds is 3. The summed E-state index contributed by atoms with van der Waals surface area (Å²) in [7, 11) is 0. The molecule has 0 aliphatic heterocycles. The summed E-state index contributed by atoms with van der Waals surface area (Å²) in [4.78, 5) is 0. The van der Waals surface area contributed by atoms with Crippen molar-refractivity contribution in [3.8, 4) is 33.4 Å². The molecule has 0 saturated heterocycles. The lowest BCUT2D eigenvalue weighted by Gasteiger charge is -2.15. The Labute approximate surface area is 225 Å². The van der Waals surface area contributed by atoms with Gasteiger partial charge in [0.15, 0.2) is 0 Å². The lowest BCUT2D eigenvalue weighted by molar-refractivity contribution is 1.60. The van der Waals surface area contributed by atoms with Crippen LogP contribution in [-0.4, -0.2) is 0 Å². The second-order valence-electron chi connectivity index (χ2n) is 9.50. The molecule has 0 bridgehead atoms. The second-order valence-corrected chi connectivity index (χ2v) is 10.3. The number of benzene rings is 7. The summed E-state index contributed by atoms with van der Waals surface area (Å²) in [5.41, 5.74) is 7.48. The predicted molar refractivity (Wildman–Crippen MR) is 163 cm³/mol. The van der Waals surface area contributed by atoms with Crippen LogP contribution in [0.3, 0.4) is 0 Å². The van der Waals surface area contributed by atoms with Gasteiger partial charge in [-0.25, -0.2) is 0 Å². The third kappa shape index (κ3) is 3.84. The zero-order chi connectivity index (χ0) is 24.8. The summed E-state index contributed by atoms with van der Waals surface area (Å²) in [6.07, 6.45) is 0. The van der Waals surface area contributed by atoms with E-state index in [4.69, 9.17) is 0 Å². The highest BCUT2D eigenvalue weighted by molar-refractivity contribution is 9.10. The summed E-state index contributed by atoms with van der Waals surface area (Å²) in [6.45, 7) is 0. The van der Waals surface area contributed by atoms with Crippen molar-refractivity contribution < 1.29 is 0 Å². The Hall–Kier alpha value is -4.20. The van der Waals surface area contributed by atoms with Crippen LogP contribution in [0.4, 0.5) is 0 Å². The zero-order valence-corrected chi connectivity index (χ0v) is 21.7. The maximum Gasteiger partial charge on any atom is 0.0332 e. The van der Waals surface area contributed by atoms with Crippen molar-refractivity contribution in [1.29, 1.82) is 0 Å². The molecule has 7 rings (SSSR count). The summed E-state index contributed by atoms with van der Waals surface area (Å²) >= 11 is 3.88. The molecule has 0 fully saturated rings. The molecule has 7 aromatic carbocycles. The normalized spacial score (nSPS) is 11.4. The largest absolute Gasteiger partial charge is 0.0622 e. The van der Waals surface area contributed by atoms with Crippen LogP contribution >= 0.6 is 15.9 Å². The van der Waals surface area contributed by atoms with Gasteiger partial charge in [0.2, 0.25) is 0 Å². The number of hydrogen-bond acceptors (Lipinski definition) is 0. The van der Waals surface area contributed by atoms with Gasteiger partial charge in [-0.3, -0.25) is 0 Å². The SMILES string of the molecule is Brc1c2ccccc2c(-c2ccc3cc(-c4cccc(-c5ccccc5)c4)ccc3c2)c2ccccc12. The third-order valence-electron chi connectivity index (χ3n) is 7.30. The molecule has 1 heteroatoms. The van der Waals surface area contributed by atoms with Crippen LogP contribution in [0, 0.1) is 0 Å². The fourth-order valence-corrected chi connectivity index (χ4v) is 6.17. The minimum absolute atomic E-state index is 1.16. The van der Waals surface area contributed by atoms with Gasteiger partial charge in [-0.2, -0.15) is 0 Å². The molecule has 0 amide bonds. The van der Waals surface area contributed by atoms with Crippen LogP contribution in [0.15, 0.2) is 144 Å². The molecule has 7 aromatic rings. The highest BCUT2D eigenvalue weighted by Gasteiger charge is 2.14. The van der Waals surface area contributed by atoms with Crippen LogP contribution in [-0.2, 0) is 0 Å². The smallest absolute Gasteiger partial charge is 0.0332 e. The van der Waals surface area contributed by atoms with Gasteiger partial charge in [0.05, 0.1) is 0 Å². The molecular formula is C36H23Br. The molecule has 0 saturated carbocycles. The first-order chi connectivity index (χ1) is 18.3. The highest BCUT2D eigenvalue weighted by Crippen LogP contribution is 2.42. The van der Waals surface area contributed by atoms with Crippen LogP contribution in [0.1, 0.15) is 0 Å². The van der Waals surface area contributed by atoms with Crippen molar-refractivity contribution in [2.45, 2.75) is 0 Å². The van der Waals surface area contributed by atoms with E-state index in [2.05, 4.69) is 155 Å². The minimum Gasteiger partial charge on any atom is -0.0622 e. The Morgan fingerprint density at radius 1 is 0.324 bits per heavy atom. The highest BCUT2D eigenvalue weighted by atomic mass is 79.9. The van der Waals surface area contributed by atoms with Gasteiger partial charge >= 0.3 is 0 Å². The summed E-state index contributed by atoms with van der Waals surface area (Å²) < 4.78 is 1.16. The summed E-state index contributed by atoms with van der Waals surface area (Å²) in [5.74, 6) is 0. The molecule has 0 spiro atoms. The van der Waals surface area contributed by atoms with Crippen molar-refractivity contribution >= 4 is 48.2 Å². The fraction of sp³-hybridized carbons (Fsp3) is 0. The fourth-order valence-electron chi connectivity index (χ4n) is 5.48. The predicted octanol–water partition coefficient (Wildman–Crippen LogP) is 10.9. The first-order valence-electron chi connectivity index (χ1n) is 12.6. The quantitative estimate of drug-likeness (QED) is 0.198. The van der Waals surface area contributed by atoms with E-state index in [0.717, 1.165) is 4.47 Å². The standard InChI is InChI=1S/C36H23Br/c37-36-33-15-6-4-13-31(33)35(32-14-5-7-16-34(32)36)30-20-19-28-22-27(17-18-29(28)23-30)26-12-8-11-25(21-26)24-9-2-1-3-10-24/h1-23H. The van der Waals surface area contributed by atoms with Gasteiger partial charge < -0.3 is 0 Å². The molecule has 0 aromatic heterocycles. The van der Waals surface area contributed by atoms with Gasteiger partial charge in [-0.15, -0.1) is 0 Å². The lowest BCUT2D eigenvalue weighted by atomic mass is 9.90. The van der Waals surface area contributed by atoms with Gasteiger partial charge in [-0.1, -0.05) is 121 Å². The van der Waals surface area contributed by atoms with Crippen LogP contribution in [0.5, 0.6) is 0 Å². The van der Waals surface area contributed by atoms with E-state index in [1.165, 1.54) is 65.7 Å². The third-order valence-corrected chi connectivity index (χ3v) is 8.15. The van der Waals surface area contributed by atoms with Crippen LogP contribution in [0.2, 0.25) is 0 Å². The van der Waals surface area contributed by atoms with E-state index in [0.29, 0.717) is 0 Å². The molecule has 0 nitrogen and oxygen atoms in total. The van der Waals surface area contributed by atoms with Crippen molar-refractivity contribution in [2.75, 3.05) is 0 Å². The Morgan fingerprint density at radius 3 is 1.43 bits per heavy atom. The maximum atomic E-state index is 3.88. The molecule has 37 heavy (non-hydrogen) atoms. The van der Waals surface area contributed by atoms with E-state index < -0.39 is 0 Å². The second kappa shape index (κ2) is 9.03. The van der Waals surface area contributed by atoms with Gasteiger partial charge in [-0.05, 0) is 99.8 Å². The molecule has 0 heterocycles. The Kier molecular flexibility index (Phi) is 5.38. The molecule has 0 N–H and O–H groups in total. The zero-order valence-electron chi connectivity index (χ0n) is 20.2. The van der Waals surface area contributed by atoms with Crippen molar-refractivity contribution in [2.24, 2.45) is 0 Å². The summed E-state index contributed by atoms with van der Waals surface area (Å²) in [5, 5.41) is 7.51. The number of fused-ring (bicyclic) bond motifs is 3. The monoisotopic (exact) mass is 534 g/mol. The maximum absolute atomic E-state index is 3.88. The lowest BCUT2D eigenvalue weighted by Crippen LogP contribution is -1.88. The Morgan fingerprint density at radius 2 is 0.784 bits per heavy atom. The van der Waals surface area contributed by atoms with Gasteiger partial charge in [0, 0.05) is 4.47 Å². The van der Waals surface area contributed by atoms with E-state index in [1.807, 2.05) is 0 Å². The topological polar surface area (TPSA) is 0 Å². The van der Waals surface area contributed by atoms with Crippen molar-refractivity contribution in [1.82, 2.24) is 0 Å². The van der Waals surface area contributed by atoms with E-state index in [1.54, 1.807) is 0 Å². The molecule has 0 aliphatic rings. The minimum atomic E-state index is 1.16. The average Bonchev–Trinajstić information content (AvgIpc) is 2.97. The van der Waals surface area contributed by atoms with E-state index in [-0.39, 0.29) is 0 Å². The van der Waals surface area contributed by atoms with Crippen LogP contribution in [0.25, 0.3) is 65.7 Å². The first kappa shape index (κ1) is 22.0. The van der Waals surface area contributed by atoms with Crippen molar-refractivity contribution in [3.05, 3.63) is 144 Å². The van der Waals surface area contributed by atoms with Gasteiger partial charge in [0.1, 0.15) is 0 Å². The number of hydrogen-bond donors (Lipinski definition) is 0. The Bertz CT molecular complexity index is 1880. The molecule has 174 valence electrons. The van der Waals surface area contributed by atoms with Gasteiger partial charge in [0.25, 0.3) is 0 Å². The molecule has 0 atom stereocenters. The van der Waals surface area contributed by atoms with Crippen LogP contribution < -0.4 is 0 Å². The van der Waals surface area contributed by atoms with E-state index in [9.17, 15) is 0 Å².